The summed E-state index contributed by atoms with van der Waals surface area (Å²) >= 11 is 0. The summed E-state index contributed by atoms with van der Waals surface area (Å²) in [5.41, 5.74) is 1.83. The molecule has 0 amide bonds. The van der Waals surface area contributed by atoms with Gasteiger partial charge in [0.05, 0.1) is 20.0 Å². The molecule has 0 unspecified atom stereocenters. The summed E-state index contributed by atoms with van der Waals surface area (Å²) in [7, 11) is 4.80. The second-order valence-corrected chi connectivity index (χ2v) is 6.52. The van der Waals surface area contributed by atoms with Crippen LogP contribution in [0.1, 0.15) is 11.1 Å². The molecule has 0 aliphatic rings. The van der Waals surface area contributed by atoms with E-state index in [9.17, 15) is 8.42 Å². The Labute approximate surface area is 106 Å². The molecular formula is C11H15ClO4S. The Morgan fingerprint density at radius 2 is 1.71 bits per heavy atom. The molecule has 1 aromatic rings. The number of benzene rings is 1. The van der Waals surface area contributed by atoms with E-state index in [-0.39, 0.29) is 5.75 Å². The van der Waals surface area contributed by atoms with Gasteiger partial charge in [0.1, 0.15) is 0 Å². The number of aryl methyl sites for hydroxylation is 2. The average molecular weight is 279 g/mol. The SMILES string of the molecule is COc1cc(C)c(CCS(=O)(=O)Cl)cc1OC. The van der Waals surface area contributed by atoms with Crippen molar-refractivity contribution in [2.75, 3.05) is 20.0 Å². The lowest BCUT2D eigenvalue weighted by Gasteiger charge is -2.12. The second-order valence-electron chi connectivity index (χ2n) is 3.63. The van der Waals surface area contributed by atoms with E-state index in [2.05, 4.69) is 0 Å². The Morgan fingerprint density at radius 1 is 1.18 bits per heavy atom. The first kappa shape index (κ1) is 14.1. The molecular weight excluding hydrogens is 264 g/mol. The van der Waals surface area contributed by atoms with Crippen molar-refractivity contribution in [1.29, 1.82) is 0 Å². The van der Waals surface area contributed by atoms with E-state index < -0.39 is 9.05 Å². The van der Waals surface area contributed by atoms with Gasteiger partial charge in [-0.15, -0.1) is 0 Å². The first-order valence-corrected chi connectivity index (χ1v) is 7.49. The van der Waals surface area contributed by atoms with E-state index >= 15 is 0 Å². The van der Waals surface area contributed by atoms with Crippen molar-refractivity contribution in [3.8, 4) is 11.5 Å². The fraction of sp³-hybridized carbons (Fsp3) is 0.455. The Morgan fingerprint density at radius 3 is 2.18 bits per heavy atom. The van der Waals surface area contributed by atoms with Gasteiger partial charge >= 0.3 is 0 Å². The van der Waals surface area contributed by atoms with Crippen LogP contribution >= 0.6 is 10.7 Å². The maximum atomic E-state index is 10.9. The predicted molar refractivity (Wildman–Crippen MR) is 67.6 cm³/mol. The van der Waals surface area contributed by atoms with E-state index in [1.54, 1.807) is 13.2 Å². The van der Waals surface area contributed by atoms with Crippen LogP contribution in [0.25, 0.3) is 0 Å². The minimum atomic E-state index is -3.47. The normalized spacial score (nSPS) is 11.3. The van der Waals surface area contributed by atoms with Crippen LogP contribution in [0.4, 0.5) is 0 Å². The molecule has 0 saturated carbocycles. The lowest BCUT2D eigenvalue weighted by molar-refractivity contribution is 0.354. The quantitative estimate of drug-likeness (QED) is 0.774. The van der Waals surface area contributed by atoms with E-state index in [1.807, 2.05) is 13.0 Å². The minimum absolute atomic E-state index is 0.0924. The first-order valence-electron chi connectivity index (χ1n) is 5.01. The molecule has 0 N–H and O–H groups in total. The van der Waals surface area contributed by atoms with E-state index in [0.29, 0.717) is 17.9 Å². The smallest absolute Gasteiger partial charge is 0.232 e. The van der Waals surface area contributed by atoms with Crippen molar-refractivity contribution >= 4 is 19.7 Å². The molecule has 0 aliphatic carbocycles. The molecule has 0 aliphatic heterocycles. The van der Waals surface area contributed by atoms with Crippen molar-refractivity contribution in [2.24, 2.45) is 0 Å². The lowest BCUT2D eigenvalue weighted by atomic mass is 10.1. The van der Waals surface area contributed by atoms with E-state index in [4.69, 9.17) is 20.2 Å². The molecule has 1 aromatic carbocycles. The van der Waals surface area contributed by atoms with Crippen molar-refractivity contribution in [1.82, 2.24) is 0 Å². The average Bonchev–Trinajstić information content (AvgIpc) is 2.25. The predicted octanol–water partition coefficient (Wildman–Crippen LogP) is 2.12. The first-order chi connectivity index (χ1) is 7.87. The molecule has 1 rings (SSSR count). The van der Waals surface area contributed by atoms with Gasteiger partial charge in [0.25, 0.3) is 0 Å². The van der Waals surface area contributed by atoms with Gasteiger partial charge in [-0.2, -0.15) is 0 Å². The van der Waals surface area contributed by atoms with E-state index in [1.165, 1.54) is 7.11 Å². The number of methoxy groups -OCH3 is 2. The third-order valence-corrected chi connectivity index (χ3v) is 3.61. The zero-order valence-corrected chi connectivity index (χ0v) is 11.6. The molecule has 96 valence electrons. The molecule has 0 aromatic heterocycles. The highest BCUT2D eigenvalue weighted by Crippen LogP contribution is 2.30. The monoisotopic (exact) mass is 278 g/mol. The molecule has 17 heavy (non-hydrogen) atoms. The lowest BCUT2D eigenvalue weighted by Crippen LogP contribution is -2.03. The van der Waals surface area contributed by atoms with Crippen molar-refractivity contribution < 1.29 is 17.9 Å². The number of rotatable bonds is 5. The Balaban J connectivity index is 3.01. The molecule has 0 spiro atoms. The van der Waals surface area contributed by atoms with Crippen molar-refractivity contribution in [3.05, 3.63) is 23.3 Å². The summed E-state index contributed by atoms with van der Waals surface area (Å²) in [5, 5.41) is 0. The van der Waals surface area contributed by atoms with Gasteiger partial charge in [-0.3, -0.25) is 0 Å². The summed E-state index contributed by atoms with van der Waals surface area (Å²) in [4.78, 5) is 0. The topological polar surface area (TPSA) is 52.6 Å². The summed E-state index contributed by atoms with van der Waals surface area (Å²) in [6, 6.07) is 3.59. The van der Waals surface area contributed by atoms with Crippen LogP contribution in [0, 0.1) is 6.92 Å². The molecule has 0 radical (unpaired) electrons. The largest absolute Gasteiger partial charge is 0.493 e. The standard InChI is InChI=1S/C11H15ClO4S/c1-8-6-10(15-2)11(16-3)7-9(8)4-5-17(12,13)14/h6-7H,4-5H2,1-3H3. The highest BCUT2D eigenvalue weighted by Gasteiger charge is 2.11. The molecule has 0 heterocycles. The Bertz CT molecular complexity index is 496. The highest BCUT2D eigenvalue weighted by molar-refractivity contribution is 8.13. The third kappa shape index (κ3) is 4.09. The molecule has 0 fully saturated rings. The Kier molecular flexibility index (Phi) is 4.65. The van der Waals surface area contributed by atoms with Crippen LogP contribution in [0.3, 0.4) is 0 Å². The molecule has 4 nitrogen and oxygen atoms in total. The van der Waals surface area contributed by atoms with Crippen LogP contribution in [0.5, 0.6) is 11.5 Å². The van der Waals surface area contributed by atoms with Crippen molar-refractivity contribution in [3.63, 3.8) is 0 Å². The summed E-state index contributed by atoms with van der Waals surface area (Å²) in [5.74, 6) is 1.12. The molecule has 6 heteroatoms. The fourth-order valence-corrected chi connectivity index (χ4v) is 2.22. The van der Waals surface area contributed by atoms with Gasteiger partial charge in [0.2, 0.25) is 9.05 Å². The zero-order valence-electron chi connectivity index (χ0n) is 9.99. The van der Waals surface area contributed by atoms with Gasteiger partial charge in [0.15, 0.2) is 11.5 Å². The second kappa shape index (κ2) is 5.60. The third-order valence-electron chi connectivity index (χ3n) is 2.46. The number of hydrogen-bond acceptors (Lipinski definition) is 4. The number of ether oxygens (including phenoxy) is 2. The fourth-order valence-electron chi connectivity index (χ4n) is 1.52. The number of hydrogen-bond donors (Lipinski definition) is 0. The van der Waals surface area contributed by atoms with Gasteiger partial charge in [-0.1, -0.05) is 0 Å². The van der Waals surface area contributed by atoms with Crippen LogP contribution in [0.15, 0.2) is 12.1 Å². The van der Waals surface area contributed by atoms with Crippen LogP contribution in [-0.4, -0.2) is 28.4 Å². The minimum Gasteiger partial charge on any atom is -0.493 e. The van der Waals surface area contributed by atoms with Crippen LogP contribution in [-0.2, 0) is 15.5 Å². The summed E-state index contributed by atoms with van der Waals surface area (Å²) in [6.45, 7) is 1.89. The van der Waals surface area contributed by atoms with Crippen molar-refractivity contribution in [2.45, 2.75) is 13.3 Å². The molecule has 0 saturated heterocycles. The highest BCUT2D eigenvalue weighted by atomic mass is 35.7. The Hall–Kier alpha value is -0.940. The van der Waals surface area contributed by atoms with Gasteiger partial charge in [-0.05, 0) is 36.6 Å². The maximum Gasteiger partial charge on any atom is 0.232 e. The number of halogens is 1. The maximum absolute atomic E-state index is 10.9. The van der Waals surface area contributed by atoms with Crippen LogP contribution in [0.2, 0.25) is 0 Å². The summed E-state index contributed by atoms with van der Waals surface area (Å²) < 4.78 is 32.1. The van der Waals surface area contributed by atoms with Crippen LogP contribution < -0.4 is 9.47 Å². The van der Waals surface area contributed by atoms with Gasteiger partial charge in [0, 0.05) is 10.7 Å². The summed E-state index contributed by atoms with van der Waals surface area (Å²) in [6.07, 6.45) is 0.359. The van der Waals surface area contributed by atoms with Gasteiger partial charge < -0.3 is 9.47 Å². The van der Waals surface area contributed by atoms with Gasteiger partial charge in [-0.25, -0.2) is 8.42 Å². The molecule has 0 bridgehead atoms. The van der Waals surface area contributed by atoms with E-state index in [0.717, 1.165) is 11.1 Å². The molecule has 0 atom stereocenters. The zero-order chi connectivity index (χ0) is 13.1.